The van der Waals surface area contributed by atoms with Crippen molar-refractivity contribution >= 4 is 5.69 Å². The van der Waals surface area contributed by atoms with Crippen molar-refractivity contribution in [3.05, 3.63) is 18.0 Å². The normalized spacial score (nSPS) is 15.5. The Kier molecular flexibility index (Phi) is 2.08. The van der Waals surface area contributed by atoms with Gasteiger partial charge in [-0.1, -0.05) is 0 Å². The van der Waals surface area contributed by atoms with E-state index in [0.717, 1.165) is 17.1 Å². The first-order chi connectivity index (χ1) is 6.29. The van der Waals surface area contributed by atoms with Gasteiger partial charge in [0.1, 0.15) is 5.75 Å². The van der Waals surface area contributed by atoms with E-state index >= 15 is 0 Å². The molecule has 0 bridgehead atoms. The van der Waals surface area contributed by atoms with Gasteiger partial charge in [-0.05, 0) is 19.8 Å². The van der Waals surface area contributed by atoms with E-state index in [1.54, 1.807) is 0 Å². The van der Waals surface area contributed by atoms with Gasteiger partial charge in [0.05, 0.1) is 18.0 Å². The van der Waals surface area contributed by atoms with E-state index in [0.29, 0.717) is 6.10 Å². The predicted molar refractivity (Wildman–Crippen MR) is 52.2 cm³/mol. The third kappa shape index (κ3) is 1.91. The molecule has 1 saturated carbocycles. The quantitative estimate of drug-likeness (QED) is 0.768. The highest BCUT2D eigenvalue weighted by Crippen LogP contribution is 2.31. The largest absolute Gasteiger partial charge is 0.488 e. The lowest BCUT2D eigenvalue weighted by Crippen LogP contribution is -2.01. The van der Waals surface area contributed by atoms with Crippen LogP contribution in [0.4, 0.5) is 5.69 Å². The number of pyridine rings is 1. The Morgan fingerprint density at radius 1 is 1.54 bits per heavy atom. The number of nitrogens with zero attached hydrogens (tertiary/aromatic N) is 1. The number of hydrogen-bond donors (Lipinski definition) is 1. The van der Waals surface area contributed by atoms with Crippen molar-refractivity contribution in [1.29, 1.82) is 0 Å². The predicted octanol–water partition coefficient (Wildman–Crippen LogP) is 1.97. The number of anilines is 1. The van der Waals surface area contributed by atoms with Gasteiger partial charge in [-0.2, -0.15) is 0 Å². The molecule has 3 heteroatoms. The smallest absolute Gasteiger partial charge is 0.146 e. The molecule has 1 heterocycles. The first kappa shape index (κ1) is 8.35. The molecule has 0 unspecified atom stereocenters. The molecule has 1 N–H and O–H groups in total. The van der Waals surface area contributed by atoms with Crippen molar-refractivity contribution < 1.29 is 4.74 Å². The highest BCUT2D eigenvalue weighted by atomic mass is 16.5. The van der Waals surface area contributed by atoms with E-state index < -0.39 is 0 Å². The molecule has 0 radical (unpaired) electrons. The molecular weight excluding hydrogens is 164 g/mol. The maximum absolute atomic E-state index is 5.73. The van der Waals surface area contributed by atoms with Crippen molar-refractivity contribution in [2.45, 2.75) is 25.9 Å². The Balaban J connectivity index is 2.22. The Morgan fingerprint density at radius 3 is 2.92 bits per heavy atom. The topological polar surface area (TPSA) is 34.2 Å². The number of aryl methyl sites for hydroxylation is 1. The molecule has 0 atom stereocenters. The summed E-state index contributed by atoms with van der Waals surface area (Å²) < 4.78 is 5.73. The van der Waals surface area contributed by atoms with Crippen LogP contribution in [0.15, 0.2) is 12.3 Å². The molecular formula is C10H14N2O. The lowest BCUT2D eigenvalue weighted by Gasteiger charge is -2.10. The molecule has 13 heavy (non-hydrogen) atoms. The van der Waals surface area contributed by atoms with Gasteiger partial charge < -0.3 is 10.1 Å². The molecule has 1 aromatic rings. The Morgan fingerprint density at radius 2 is 2.31 bits per heavy atom. The fourth-order valence-corrected chi connectivity index (χ4v) is 1.19. The average molecular weight is 178 g/mol. The summed E-state index contributed by atoms with van der Waals surface area (Å²) in [5, 5.41) is 3.07. The molecule has 0 aliphatic heterocycles. The summed E-state index contributed by atoms with van der Waals surface area (Å²) in [6.45, 7) is 1.97. The van der Waals surface area contributed by atoms with Gasteiger partial charge in [0.15, 0.2) is 0 Å². The van der Waals surface area contributed by atoms with Crippen LogP contribution in [-0.4, -0.2) is 18.1 Å². The number of rotatable bonds is 3. The highest BCUT2D eigenvalue weighted by Gasteiger charge is 2.24. The summed E-state index contributed by atoms with van der Waals surface area (Å²) in [5.41, 5.74) is 1.96. The van der Waals surface area contributed by atoms with Crippen molar-refractivity contribution in [3.63, 3.8) is 0 Å². The van der Waals surface area contributed by atoms with Crippen LogP contribution < -0.4 is 10.1 Å². The van der Waals surface area contributed by atoms with Crippen molar-refractivity contribution in [2.75, 3.05) is 12.4 Å². The monoisotopic (exact) mass is 178 g/mol. The van der Waals surface area contributed by atoms with Gasteiger partial charge >= 0.3 is 0 Å². The summed E-state index contributed by atoms with van der Waals surface area (Å²) in [6.07, 6.45) is 4.62. The van der Waals surface area contributed by atoms with Crippen molar-refractivity contribution in [2.24, 2.45) is 0 Å². The van der Waals surface area contributed by atoms with Crippen LogP contribution in [0.25, 0.3) is 0 Å². The maximum Gasteiger partial charge on any atom is 0.146 e. The molecule has 0 spiro atoms. The van der Waals surface area contributed by atoms with Crippen LogP contribution in [0, 0.1) is 6.92 Å². The third-order valence-electron chi connectivity index (χ3n) is 2.09. The molecule has 1 aliphatic carbocycles. The fourth-order valence-electron chi connectivity index (χ4n) is 1.19. The summed E-state index contributed by atoms with van der Waals surface area (Å²) >= 11 is 0. The first-order valence-corrected chi connectivity index (χ1v) is 4.60. The zero-order valence-corrected chi connectivity index (χ0v) is 8.00. The number of nitrogens with one attached hydrogen (secondary N) is 1. The first-order valence-electron chi connectivity index (χ1n) is 4.60. The maximum atomic E-state index is 5.73. The molecule has 70 valence electrons. The standard InChI is InChI=1S/C10H14N2O/c1-7-5-10(13-8-3-4-8)9(11-2)6-12-7/h5-6,8,11H,3-4H2,1-2H3. The molecule has 0 amide bonds. The van der Waals surface area contributed by atoms with Crippen LogP contribution >= 0.6 is 0 Å². The summed E-state index contributed by atoms with van der Waals surface area (Å²) in [5.74, 6) is 0.928. The lowest BCUT2D eigenvalue weighted by molar-refractivity contribution is 0.304. The number of ether oxygens (including phenoxy) is 1. The molecule has 1 fully saturated rings. The van der Waals surface area contributed by atoms with Crippen LogP contribution in [-0.2, 0) is 0 Å². The van der Waals surface area contributed by atoms with Crippen LogP contribution in [0.3, 0.4) is 0 Å². The lowest BCUT2D eigenvalue weighted by atomic mass is 10.3. The number of aromatic nitrogens is 1. The molecule has 0 aromatic carbocycles. The minimum Gasteiger partial charge on any atom is -0.488 e. The second-order valence-electron chi connectivity index (χ2n) is 3.39. The zero-order chi connectivity index (χ0) is 9.26. The van der Waals surface area contributed by atoms with Gasteiger partial charge in [0.2, 0.25) is 0 Å². The van der Waals surface area contributed by atoms with Crippen LogP contribution in [0.2, 0.25) is 0 Å². The Bertz CT molecular complexity index is 308. The van der Waals surface area contributed by atoms with E-state index in [-0.39, 0.29) is 0 Å². The van der Waals surface area contributed by atoms with Crippen LogP contribution in [0.1, 0.15) is 18.5 Å². The fraction of sp³-hybridized carbons (Fsp3) is 0.500. The minimum atomic E-state index is 0.439. The van der Waals surface area contributed by atoms with E-state index in [9.17, 15) is 0 Å². The van der Waals surface area contributed by atoms with E-state index in [4.69, 9.17) is 4.74 Å². The van der Waals surface area contributed by atoms with E-state index in [2.05, 4.69) is 10.3 Å². The van der Waals surface area contributed by atoms with Crippen molar-refractivity contribution in [3.8, 4) is 5.75 Å². The second-order valence-corrected chi connectivity index (χ2v) is 3.39. The minimum absolute atomic E-state index is 0.439. The second kappa shape index (κ2) is 3.24. The van der Waals surface area contributed by atoms with Gasteiger partial charge in [-0.15, -0.1) is 0 Å². The van der Waals surface area contributed by atoms with E-state index in [1.807, 2.05) is 26.2 Å². The third-order valence-corrected chi connectivity index (χ3v) is 2.09. The molecule has 3 nitrogen and oxygen atoms in total. The Labute approximate surface area is 78.1 Å². The van der Waals surface area contributed by atoms with Crippen molar-refractivity contribution in [1.82, 2.24) is 4.98 Å². The summed E-state index contributed by atoms with van der Waals surface area (Å²) in [6, 6.07) is 1.98. The highest BCUT2D eigenvalue weighted by molar-refractivity contribution is 5.54. The Hall–Kier alpha value is -1.25. The van der Waals surface area contributed by atoms with Gasteiger partial charge in [0.25, 0.3) is 0 Å². The molecule has 2 rings (SSSR count). The van der Waals surface area contributed by atoms with Crippen LogP contribution in [0.5, 0.6) is 5.75 Å². The average Bonchev–Trinajstić information content (AvgIpc) is 2.89. The molecule has 0 saturated heterocycles. The van der Waals surface area contributed by atoms with E-state index in [1.165, 1.54) is 12.8 Å². The number of hydrogen-bond acceptors (Lipinski definition) is 3. The molecule has 1 aromatic heterocycles. The summed E-state index contributed by atoms with van der Waals surface area (Å²) in [7, 11) is 1.88. The SMILES string of the molecule is CNc1cnc(C)cc1OC1CC1. The van der Waals surface area contributed by atoms with Gasteiger partial charge in [0, 0.05) is 18.8 Å². The zero-order valence-electron chi connectivity index (χ0n) is 8.00. The van der Waals surface area contributed by atoms with Gasteiger partial charge in [-0.25, -0.2) is 0 Å². The van der Waals surface area contributed by atoms with Gasteiger partial charge in [-0.3, -0.25) is 4.98 Å². The molecule has 1 aliphatic rings. The summed E-state index contributed by atoms with van der Waals surface area (Å²) in [4.78, 5) is 4.20.